The van der Waals surface area contributed by atoms with Gasteiger partial charge >= 0.3 is 39.5 Å². The third-order valence-electron chi connectivity index (χ3n) is 15.1. The number of aliphatic hydroxyl groups excluding tert-OH is 1. The molecule has 19 heteroatoms. The summed E-state index contributed by atoms with van der Waals surface area (Å²) in [5.74, 6) is -2.49. The van der Waals surface area contributed by atoms with E-state index in [2.05, 4.69) is 210 Å². The minimum atomic E-state index is -5.03. The molecule has 0 amide bonds. The van der Waals surface area contributed by atoms with Crippen molar-refractivity contribution in [1.82, 2.24) is 0 Å². The third-order valence-corrected chi connectivity index (χ3v) is 17.0. The normalized spacial score (nSPS) is 15.1. The van der Waals surface area contributed by atoms with Gasteiger partial charge < -0.3 is 33.8 Å². The van der Waals surface area contributed by atoms with E-state index < -0.39 is 97.5 Å². The Hall–Kier alpha value is -6.88. The molecular formula is C89H136O17P2. The van der Waals surface area contributed by atoms with Crippen LogP contribution in [-0.2, 0) is 65.4 Å². The first-order valence-electron chi connectivity index (χ1n) is 39.6. The lowest BCUT2D eigenvalue weighted by atomic mass is 10.1. The number of rotatable bonds is 71. The number of esters is 4. The summed E-state index contributed by atoms with van der Waals surface area (Å²) < 4.78 is 68.3. The Labute approximate surface area is 651 Å². The van der Waals surface area contributed by atoms with E-state index in [9.17, 15) is 43.2 Å². The average Bonchev–Trinajstić information content (AvgIpc) is 0.886. The maximum absolute atomic E-state index is 13.1. The van der Waals surface area contributed by atoms with Crippen molar-refractivity contribution in [3.05, 3.63) is 231 Å². The van der Waals surface area contributed by atoms with Crippen LogP contribution in [0.4, 0.5) is 0 Å². The van der Waals surface area contributed by atoms with Gasteiger partial charge in [0.25, 0.3) is 0 Å². The minimum Gasteiger partial charge on any atom is -0.462 e. The molecule has 604 valence electrons. The van der Waals surface area contributed by atoms with E-state index in [1.54, 1.807) is 0 Å². The lowest BCUT2D eigenvalue weighted by molar-refractivity contribution is -0.161. The van der Waals surface area contributed by atoms with E-state index in [0.717, 1.165) is 148 Å². The van der Waals surface area contributed by atoms with Gasteiger partial charge in [0.15, 0.2) is 12.2 Å². The van der Waals surface area contributed by atoms with E-state index in [1.165, 1.54) is 0 Å². The molecule has 0 saturated heterocycles. The zero-order chi connectivity index (χ0) is 78.9. The average molecular weight is 1540 g/mol. The molecule has 0 aromatic carbocycles. The lowest BCUT2D eigenvalue weighted by Gasteiger charge is -2.21. The highest BCUT2D eigenvalue weighted by atomic mass is 31.2. The quantitative estimate of drug-likeness (QED) is 0.0169. The van der Waals surface area contributed by atoms with Gasteiger partial charge in [-0.2, -0.15) is 0 Å². The highest BCUT2D eigenvalue weighted by Gasteiger charge is 2.30. The molecule has 0 heterocycles. The van der Waals surface area contributed by atoms with E-state index in [4.69, 9.17) is 37.0 Å². The van der Waals surface area contributed by atoms with Gasteiger partial charge in [0.05, 0.1) is 26.4 Å². The van der Waals surface area contributed by atoms with Crippen LogP contribution in [0.1, 0.15) is 246 Å². The predicted octanol–water partition coefficient (Wildman–Crippen LogP) is 23.4. The molecule has 5 unspecified atom stereocenters. The Morgan fingerprint density at radius 1 is 0.269 bits per heavy atom. The van der Waals surface area contributed by atoms with Crippen molar-refractivity contribution in [2.75, 3.05) is 39.6 Å². The fourth-order valence-corrected chi connectivity index (χ4v) is 10.8. The van der Waals surface area contributed by atoms with Gasteiger partial charge in [0.2, 0.25) is 0 Å². The van der Waals surface area contributed by atoms with Crippen LogP contribution in [0, 0.1) is 0 Å². The number of carbonyl (C=O) groups is 4. The smallest absolute Gasteiger partial charge is 0.462 e. The molecule has 0 saturated carbocycles. The number of carbonyl (C=O) groups excluding carboxylic acids is 4. The number of hydrogen-bond acceptors (Lipinski definition) is 15. The first kappa shape index (κ1) is 101. The predicted molar refractivity (Wildman–Crippen MR) is 444 cm³/mol. The Bertz CT molecular complexity index is 2960. The van der Waals surface area contributed by atoms with Gasteiger partial charge in [-0.3, -0.25) is 37.3 Å². The molecule has 3 N–H and O–H groups in total. The molecule has 0 aliphatic carbocycles. The second-order valence-corrected chi connectivity index (χ2v) is 28.1. The summed E-state index contributed by atoms with van der Waals surface area (Å²) in [5, 5.41) is 10.6. The molecule has 5 atom stereocenters. The zero-order valence-corrected chi connectivity index (χ0v) is 67.7. The summed E-state index contributed by atoms with van der Waals surface area (Å²) in [6.07, 6.45) is 101. The summed E-state index contributed by atoms with van der Waals surface area (Å²) in [6.45, 7) is 4.15. The number of ether oxygens (including phenoxy) is 4. The lowest BCUT2D eigenvalue weighted by Crippen LogP contribution is -2.30. The monoisotopic (exact) mass is 1540 g/mol. The second kappa shape index (κ2) is 78.2. The maximum atomic E-state index is 13.1. The molecular weight excluding hydrogens is 1400 g/mol. The molecule has 17 nitrogen and oxygen atoms in total. The van der Waals surface area contributed by atoms with Crippen molar-refractivity contribution in [1.29, 1.82) is 0 Å². The van der Waals surface area contributed by atoms with Crippen LogP contribution in [-0.4, -0.2) is 96.7 Å². The molecule has 0 rings (SSSR count). The fourth-order valence-electron chi connectivity index (χ4n) is 9.23. The van der Waals surface area contributed by atoms with Crippen molar-refractivity contribution >= 4 is 39.5 Å². The number of phosphoric ester groups is 2. The summed E-state index contributed by atoms with van der Waals surface area (Å²) in [5.41, 5.74) is 0. The Morgan fingerprint density at radius 2 is 0.509 bits per heavy atom. The molecule has 0 aromatic heterocycles. The highest BCUT2D eigenvalue weighted by molar-refractivity contribution is 7.47. The standard InChI is InChI=1S/C89H136O17P2/c1-5-9-13-17-21-25-29-33-36-39-41-44-46-50-53-57-61-65-69-73-86(91)99-79-84(105-88(93)75-71-67-63-59-55-49-32-28-24-20-16-12-8-4)81-103-107(95,96)101-77-83(90)78-102-108(97,98)104-82-85(106-89(94)76-72-68-64-60-56-52-48-43-38-35-31-27-23-19-15-11-7-3)80-100-87(92)74-70-66-62-58-54-51-47-45-42-40-37-34-30-26-22-18-14-10-6-2/h9-11,13-16,20-23,25-28,32-38,41-42,44-45,48,50-54,60-62,64-66,83-85,90H,5-8,12,17-19,24,29-31,39-40,43,46-47,49,55-59,63,67-82H2,1-4H3,(H,95,96)(H,97,98)/b13-9-,14-10-,15-11-,20-16-,25-21-,26-22-,27-23-,32-28-,36-33-,37-34-,38-35-,44-41-,45-42-,52-48-,53-50-,54-51-,64-60-,65-61-,66-62-. The first-order valence-corrected chi connectivity index (χ1v) is 42.6. The molecule has 0 fully saturated rings. The number of aliphatic hydroxyl groups is 1. The molecule has 0 aliphatic rings. The van der Waals surface area contributed by atoms with Crippen LogP contribution in [0.5, 0.6) is 0 Å². The minimum absolute atomic E-state index is 0.0117. The van der Waals surface area contributed by atoms with Crippen LogP contribution in [0.25, 0.3) is 0 Å². The van der Waals surface area contributed by atoms with Gasteiger partial charge in [0.1, 0.15) is 19.3 Å². The van der Waals surface area contributed by atoms with Crippen molar-refractivity contribution in [2.24, 2.45) is 0 Å². The molecule has 0 radical (unpaired) electrons. The van der Waals surface area contributed by atoms with Crippen LogP contribution < -0.4 is 0 Å². The van der Waals surface area contributed by atoms with E-state index >= 15 is 0 Å². The number of allylic oxidation sites excluding steroid dienone is 38. The number of hydrogen-bond donors (Lipinski definition) is 3. The van der Waals surface area contributed by atoms with Gasteiger partial charge in [0, 0.05) is 25.7 Å². The van der Waals surface area contributed by atoms with Crippen LogP contribution in [0.2, 0.25) is 0 Å². The van der Waals surface area contributed by atoms with Gasteiger partial charge in [-0.15, -0.1) is 0 Å². The van der Waals surface area contributed by atoms with Crippen molar-refractivity contribution in [2.45, 2.75) is 264 Å². The van der Waals surface area contributed by atoms with E-state index in [1.807, 2.05) is 48.6 Å². The Balaban J connectivity index is 5.58. The van der Waals surface area contributed by atoms with Crippen LogP contribution >= 0.6 is 15.6 Å². The number of phosphoric acid groups is 2. The SMILES string of the molecule is CC/C=C\C/C=C\C/C=C\C/C=C\C/C=C\C/C=C\CCC(=O)OCC(COP(=O)(O)OCC(O)COP(=O)(O)OCC(COC(=O)CC/C=C\C/C=C\C/C=C\C/C=C\C/C=C\C/C=C\CC)OC(=O)CCCCCCC/C=C\C/C=C\CCC)OC(=O)CCC/C=C\C/C=C\C/C=C\C/C=C\C/C=C\CC. The molecule has 0 aromatic rings. The Morgan fingerprint density at radius 3 is 0.815 bits per heavy atom. The van der Waals surface area contributed by atoms with Crippen LogP contribution in [0.15, 0.2) is 231 Å². The largest absolute Gasteiger partial charge is 0.472 e. The number of unbranched alkanes of at least 4 members (excludes halogenated alkanes) is 7. The molecule has 0 bridgehead atoms. The molecule has 0 spiro atoms. The fraction of sp³-hybridized carbons (Fsp3) is 0.528. The van der Waals surface area contributed by atoms with Gasteiger partial charge in [-0.05, 0) is 167 Å². The second-order valence-electron chi connectivity index (χ2n) is 25.1. The summed E-state index contributed by atoms with van der Waals surface area (Å²) in [6, 6.07) is 0. The Kier molecular flexibility index (Phi) is 73.3. The van der Waals surface area contributed by atoms with E-state index in [-0.39, 0.29) is 25.7 Å². The zero-order valence-electron chi connectivity index (χ0n) is 65.9. The molecule has 108 heavy (non-hydrogen) atoms. The van der Waals surface area contributed by atoms with Gasteiger partial charge in [-0.1, -0.05) is 284 Å². The topological polar surface area (TPSA) is 237 Å². The summed E-state index contributed by atoms with van der Waals surface area (Å²) in [7, 11) is -10.1. The summed E-state index contributed by atoms with van der Waals surface area (Å²) >= 11 is 0. The third kappa shape index (κ3) is 77.3. The van der Waals surface area contributed by atoms with Crippen molar-refractivity contribution in [3.8, 4) is 0 Å². The summed E-state index contributed by atoms with van der Waals surface area (Å²) in [4.78, 5) is 73.0. The van der Waals surface area contributed by atoms with Crippen molar-refractivity contribution in [3.63, 3.8) is 0 Å². The maximum Gasteiger partial charge on any atom is 0.472 e. The van der Waals surface area contributed by atoms with Crippen molar-refractivity contribution < 1.29 is 80.2 Å². The van der Waals surface area contributed by atoms with Gasteiger partial charge in [-0.25, -0.2) is 9.13 Å². The van der Waals surface area contributed by atoms with E-state index in [0.29, 0.717) is 44.9 Å². The highest BCUT2D eigenvalue weighted by Crippen LogP contribution is 2.45. The first-order chi connectivity index (χ1) is 52.7. The van der Waals surface area contributed by atoms with Crippen LogP contribution in [0.3, 0.4) is 0 Å². The molecule has 0 aliphatic heterocycles.